The molecule has 3 aromatic rings. The summed E-state index contributed by atoms with van der Waals surface area (Å²) in [6.07, 6.45) is 6.37. The van der Waals surface area contributed by atoms with Gasteiger partial charge >= 0.3 is 0 Å². The van der Waals surface area contributed by atoms with Gasteiger partial charge in [-0.3, -0.25) is 9.59 Å². The van der Waals surface area contributed by atoms with Crippen molar-refractivity contribution < 1.29 is 14.7 Å². The number of pyridine rings is 1. The molecule has 3 aliphatic heterocycles. The van der Waals surface area contributed by atoms with Crippen molar-refractivity contribution in [3.8, 4) is 0 Å². The first-order chi connectivity index (χ1) is 18.5. The summed E-state index contributed by atoms with van der Waals surface area (Å²) in [6.45, 7) is 8.59. The minimum absolute atomic E-state index is 0.231. The van der Waals surface area contributed by atoms with Crippen LogP contribution in [0.1, 0.15) is 67.8 Å². The molecule has 2 aromatic heterocycles. The summed E-state index contributed by atoms with van der Waals surface area (Å²) in [5.74, 6) is 0.983. The molecule has 4 N–H and O–H groups in total. The van der Waals surface area contributed by atoms with Crippen LogP contribution in [0, 0.1) is 5.41 Å². The number of H-pyrrole nitrogens is 1. The second-order valence-corrected chi connectivity index (χ2v) is 12.7. The Labute approximate surface area is 229 Å². The molecule has 1 aromatic carbocycles. The Balaban J connectivity index is 1.35. The van der Waals surface area contributed by atoms with E-state index in [4.69, 9.17) is 10.7 Å². The van der Waals surface area contributed by atoms with E-state index in [-0.39, 0.29) is 11.3 Å². The third-order valence-electron chi connectivity index (χ3n) is 9.17. The molecule has 6 rings (SSSR count). The average Bonchev–Trinajstić information content (AvgIpc) is 3.40. The number of nitrogens with one attached hydrogen (secondary N) is 1. The molecule has 0 radical (unpaired) electrons. The zero-order chi connectivity index (χ0) is 27.5. The second kappa shape index (κ2) is 9.48. The Kier molecular flexibility index (Phi) is 6.34. The number of amides is 2. The number of carbonyl (C=O) groups is 2. The Morgan fingerprint density at radius 2 is 1.97 bits per heavy atom. The number of aliphatic hydroxyl groups is 1. The quantitative estimate of drug-likeness (QED) is 0.464. The molecule has 0 unspecified atom stereocenters. The van der Waals surface area contributed by atoms with Crippen molar-refractivity contribution in [2.45, 2.75) is 57.5 Å². The van der Waals surface area contributed by atoms with E-state index < -0.39 is 11.5 Å². The smallest absolute Gasteiger partial charge is 0.252 e. The summed E-state index contributed by atoms with van der Waals surface area (Å²) in [6, 6.07) is 6.57. The van der Waals surface area contributed by atoms with E-state index >= 15 is 0 Å². The number of carbonyl (C=O) groups excluding carboxylic acids is 2. The molecular weight excluding hydrogens is 492 g/mol. The molecule has 2 amide bonds. The molecule has 9 heteroatoms. The van der Waals surface area contributed by atoms with Gasteiger partial charge in [0.25, 0.3) is 5.91 Å². The van der Waals surface area contributed by atoms with Crippen molar-refractivity contribution in [2.24, 2.45) is 11.1 Å². The fourth-order valence-electron chi connectivity index (χ4n) is 7.24. The number of anilines is 1. The molecule has 208 valence electrons. The number of hydrogen-bond donors (Lipinski definition) is 3. The van der Waals surface area contributed by atoms with Gasteiger partial charge in [-0.2, -0.15) is 0 Å². The number of β-amino-alcohol motifs (C(OH)–C–C–N with tert-alkyl or cyclic N) is 1. The third kappa shape index (κ3) is 4.65. The fraction of sp³-hybridized carbons (Fsp3) is 0.567. The number of hydrogen-bond acceptors (Lipinski definition) is 6. The number of rotatable bonds is 5. The van der Waals surface area contributed by atoms with Crippen LogP contribution >= 0.6 is 0 Å². The first-order valence-corrected chi connectivity index (χ1v) is 14.2. The number of aromatic amines is 1. The second-order valence-electron chi connectivity index (χ2n) is 12.7. The number of piperidine rings is 2. The molecule has 3 saturated heterocycles. The molecule has 0 bridgehead atoms. The summed E-state index contributed by atoms with van der Waals surface area (Å²) in [5.41, 5.74) is 8.09. The molecular formula is C30H40N6O3. The number of primary amides is 1. The molecule has 1 spiro atoms. The first-order valence-electron chi connectivity index (χ1n) is 14.2. The lowest BCUT2D eigenvalue weighted by molar-refractivity contribution is -0.135. The Hall–Kier alpha value is -3.17. The van der Waals surface area contributed by atoms with E-state index in [9.17, 15) is 14.7 Å². The maximum atomic E-state index is 13.1. The standard InChI is InChI=1S/C30H40N6O3/c1-29(2,39)17-35-12-7-19(8-13-35)20-5-6-21-23(15-20)33-25-22(26(31)37)16-32-27(24(21)25)36-11-4-9-30(18-36)10-14-34(3)28(30)38/h5-6,15-16,19,33,39H,4,7-14,17-18H2,1-3H3,(H2,31,37)/t30-/m1/s1. The van der Waals surface area contributed by atoms with Crippen LogP contribution in [0.4, 0.5) is 5.82 Å². The van der Waals surface area contributed by atoms with Gasteiger partial charge in [0.05, 0.1) is 27.5 Å². The van der Waals surface area contributed by atoms with Gasteiger partial charge in [-0.25, -0.2) is 4.98 Å². The molecule has 3 aliphatic rings. The maximum Gasteiger partial charge on any atom is 0.252 e. The number of fused-ring (bicyclic) bond motifs is 3. The van der Waals surface area contributed by atoms with E-state index in [0.717, 1.165) is 80.4 Å². The lowest BCUT2D eigenvalue weighted by atomic mass is 9.78. The average molecular weight is 533 g/mol. The normalized spacial score (nSPS) is 23.5. The predicted molar refractivity (Wildman–Crippen MR) is 153 cm³/mol. The van der Waals surface area contributed by atoms with E-state index in [1.807, 2.05) is 25.8 Å². The zero-order valence-corrected chi connectivity index (χ0v) is 23.3. The molecule has 0 aliphatic carbocycles. The van der Waals surface area contributed by atoms with Crippen LogP contribution in [0.5, 0.6) is 0 Å². The predicted octanol–water partition coefficient (Wildman–Crippen LogP) is 3.21. The van der Waals surface area contributed by atoms with Crippen molar-refractivity contribution in [3.63, 3.8) is 0 Å². The highest BCUT2D eigenvalue weighted by atomic mass is 16.3. The van der Waals surface area contributed by atoms with Gasteiger partial charge in [0, 0.05) is 50.3 Å². The van der Waals surface area contributed by atoms with Crippen LogP contribution in [0.15, 0.2) is 24.4 Å². The Bertz CT molecular complexity index is 1430. The molecule has 3 fully saturated rings. The highest BCUT2D eigenvalue weighted by Crippen LogP contribution is 2.43. The lowest BCUT2D eigenvalue weighted by Crippen LogP contribution is -2.47. The summed E-state index contributed by atoms with van der Waals surface area (Å²) >= 11 is 0. The SMILES string of the molecule is CN1CC[C@@]2(CCCN(c3ncc(C(N)=O)c4[nH]c5cc(C6CCN(CC(C)(C)O)CC6)ccc5c34)C2)C1=O. The fourth-order valence-corrected chi connectivity index (χ4v) is 7.24. The Morgan fingerprint density at radius 1 is 1.21 bits per heavy atom. The topological polar surface area (TPSA) is 119 Å². The van der Waals surface area contributed by atoms with Gasteiger partial charge in [0.2, 0.25) is 5.91 Å². The minimum atomic E-state index is -0.686. The summed E-state index contributed by atoms with van der Waals surface area (Å²) in [4.78, 5) is 40.2. The van der Waals surface area contributed by atoms with Gasteiger partial charge in [-0.1, -0.05) is 12.1 Å². The van der Waals surface area contributed by atoms with E-state index in [1.54, 1.807) is 6.20 Å². The zero-order valence-electron chi connectivity index (χ0n) is 23.3. The van der Waals surface area contributed by atoms with E-state index in [0.29, 0.717) is 30.1 Å². The van der Waals surface area contributed by atoms with Gasteiger partial charge in [0.1, 0.15) is 5.82 Å². The molecule has 0 saturated carbocycles. The third-order valence-corrected chi connectivity index (χ3v) is 9.17. The van der Waals surface area contributed by atoms with Crippen LogP contribution in [0.3, 0.4) is 0 Å². The Morgan fingerprint density at radius 3 is 2.64 bits per heavy atom. The van der Waals surface area contributed by atoms with E-state index in [2.05, 4.69) is 33.0 Å². The monoisotopic (exact) mass is 532 g/mol. The highest BCUT2D eigenvalue weighted by Gasteiger charge is 2.48. The number of aromatic nitrogens is 2. The van der Waals surface area contributed by atoms with Crippen molar-refractivity contribution in [3.05, 3.63) is 35.5 Å². The molecule has 39 heavy (non-hydrogen) atoms. The molecule has 5 heterocycles. The van der Waals surface area contributed by atoms with Crippen LogP contribution in [-0.2, 0) is 4.79 Å². The van der Waals surface area contributed by atoms with Crippen molar-refractivity contribution in [1.82, 2.24) is 19.8 Å². The maximum absolute atomic E-state index is 13.1. The molecule has 1 atom stereocenters. The number of likely N-dealkylation sites (tertiary alicyclic amines) is 2. The van der Waals surface area contributed by atoms with Crippen LogP contribution in [0.25, 0.3) is 21.8 Å². The van der Waals surface area contributed by atoms with Crippen LogP contribution in [-0.4, -0.2) is 88.6 Å². The van der Waals surface area contributed by atoms with Crippen molar-refractivity contribution >= 4 is 39.4 Å². The van der Waals surface area contributed by atoms with Crippen LogP contribution < -0.4 is 10.6 Å². The van der Waals surface area contributed by atoms with Gasteiger partial charge in [0.15, 0.2) is 0 Å². The van der Waals surface area contributed by atoms with Gasteiger partial charge < -0.3 is 30.5 Å². The summed E-state index contributed by atoms with van der Waals surface area (Å²) < 4.78 is 0. The number of nitrogens with two attached hydrogens (primary N) is 1. The van der Waals surface area contributed by atoms with Gasteiger partial charge in [-0.15, -0.1) is 0 Å². The molecule has 9 nitrogen and oxygen atoms in total. The van der Waals surface area contributed by atoms with Gasteiger partial charge in [-0.05, 0) is 76.6 Å². The highest BCUT2D eigenvalue weighted by molar-refractivity contribution is 6.18. The summed E-state index contributed by atoms with van der Waals surface area (Å²) in [5, 5.41) is 12.1. The van der Waals surface area contributed by atoms with Crippen LogP contribution in [0.2, 0.25) is 0 Å². The number of benzene rings is 1. The number of nitrogens with zero attached hydrogens (tertiary/aromatic N) is 4. The van der Waals surface area contributed by atoms with E-state index in [1.165, 1.54) is 5.56 Å². The van der Waals surface area contributed by atoms with Crippen molar-refractivity contribution in [1.29, 1.82) is 0 Å². The largest absolute Gasteiger partial charge is 0.389 e. The summed E-state index contributed by atoms with van der Waals surface area (Å²) in [7, 11) is 1.89. The van der Waals surface area contributed by atoms with Crippen molar-refractivity contribution in [2.75, 3.05) is 51.2 Å². The minimum Gasteiger partial charge on any atom is -0.389 e. The lowest BCUT2D eigenvalue weighted by Gasteiger charge is -2.39. The first kappa shape index (κ1) is 26.1.